The average molecular weight is 253 g/mol. The molecule has 2 aliphatic rings. The third kappa shape index (κ3) is 2.52. The van der Waals surface area contributed by atoms with E-state index in [0.717, 1.165) is 19.4 Å². The highest BCUT2D eigenvalue weighted by molar-refractivity contribution is 5.86. The molecular weight excluding hydrogens is 230 g/mol. The van der Waals surface area contributed by atoms with Crippen molar-refractivity contribution in [3.63, 3.8) is 0 Å². The van der Waals surface area contributed by atoms with Gasteiger partial charge in [0.25, 0.3) is 0 Å². The number of hydrogen-bond acceptors (Lipinski definition) is 2. The molecule has 1 amide bonds. The van der Waals surface area contributed by atoms with Gasteiger partial charge in [-0.3, -0.25) is 9.59 Å². The highest BCUT2D eigenvalue weighted by atomic mass is 16.4. The molecule has 102 valence electrons. The molecule has 2 fully saturated rings. The molecule has 4 heteroatoms. The van der Waals surface area contributed by atoms with Gasteiger partial charge in [0, 0.05) is 6.54 Å². The molecule has 0 aromatic heterocycles. The Morgan fingerprint density at radius 1 is 1.28 bits per heavy atom. The van der Waals surface area contributed by atoms with Gasteiger partial charge in [0.2, 0.25) is 5.91 Å². The second-order valence-corrected chi connectivity index (χ2v) is 5.95. The van der Waals surface area contributed by atoms with Crippen LogP contribution in [0, 0.1) is 17.3 Å². The van der Waals surface area contributed by atoms with Gasteiger partial charge in [-0.2, -0.15) is 0 Å². The van der Waals surface area contributed by atoms with Crippen LogP contribution in [0.15, 0.2) is 0 Å². The van der Waals surface area contributed by atoms with Gasteiger partial charge in [0.05, 0.1) is 11.8 Å². The Balaban J connectivity index is 1.79. The van der Waals surface area contributed by atoms with Crippen molar-refractivity contribution in [1.29, 1.82) is 0 Å². The molecule has 0 radical (unpaired) electrons. The van der Waals surface area contributed by atoms with Crippen LogP contribution in [-0.2, 0) is 9.59 Å². The zero-order valence-electron chi connectivity index (χ0n) is 11.1. The van der Waals surface area contributed by atoms with Crippen LogP contribution >= 0.6 is 0 Å². The van der Waals surface area contributed by atoms with Crippen LogP contribution in [0.2, 0.25) is 0 Å². The molecule has 0 saturated heterocycles. The molecule has 2 aliphatic carbocycles. The molecule has 2 rings (SSSR count). The lowest BCUT2D eigenvalue weighted by Crippen LogP contribution is -2.48. The summed E-state index contributed by atoms with van der Waals surface area (Å²) < 4.78 is 0. The van der Waals surface area contributed by atoms with Crippen LogP contribution in [0.25, 0.3) is 0 Å². The Morgan fingerprint density at radius 2 is 1.94 bits per heavy atom. The van der Waals surface area contributed by atoms with Gasteiger partial charge in [-0.25, -0.2) is 0 Å². The third-order valence-corrected chi connectivity index (χ3v) is 4.76. The van der Waals surface area contributed by atoms with Gasteiger partial charge >= 0.3 is 5.97 Å². The number of amides is 1. The number of aliphatic carboxylic acids is 1. The molecule has 0 spiro atoms. The molecule has 0 heterocycles. The zero-order valence-corrected chi connectivity index (χ0v) is 11.1. The van der Waals surface area contributed by atoms with E-state index in [1.165, 1.54) is 25.7 Å². The fourth-order valence-corrected chi connectivity index (χ4v) is 3.24. The molecule has 0 aromatic rings. The number of carboxylic acids is 1. The first-order valence-electron chi connectivity index (χ1n) is 7.08. The van der Waals surface area contributed by atoms with Gasteiger partial charge in [-0.05, 0) is 37.5 Å². The predicted octanol–water partition coefficient (Wildman–Crippen LogP) is 2.18. The van der Waals surface area contributed by atoms with Crippen LogP contribution in [0.1, 0.15) is 51.9 Å². The van der Waals surface area contributed by atoms with Crippen molar-refractivity contribution in [1.82, 2.24) is 5.32 Å². The highest BCUT2D eigenvalue weighted by Gasteiger charge is 2.42. The number of carboxylic acid groups (broad SMARTS) is 1. The quantitative estimate of drug-likeness (QED) is 0.762. The number of nitrogens with one attached hydrogen (secondary N) is 1. The molecule has 2 unspecified atom stereocenters. The minimum absolute atomic E-state index is 0.0453. The normalized spacial score (nSPS) is 28.9. The Kier molecular flexibility index (Phi) is 3.93. The molecule has 0 aliphatic heterocycles. The van der Waals surface area contributed by atoms with Crippen molar-refractivity contribution in [2.75, 3.05) is 6.54 Å². The summed E-state index contributed by atoms with van der Waals surface area (Å²) in [6, 6.07) is 0. The van der Waals surface area contributed by atoms with Crippen LogP contribution in [-0.4, -0.2) is 23.5 Å². The van der Waals surface area contributed by atoms with Gasteiger partial charge in [0.1, 0.15) is 0 Å². The van der Waals surface area contributed by atoms with E-state index in [2.05, 4.69) is 12.2 Å². The molecular formula is C14H23NO3. The lowest BCUT2D eigenvalue weighted by molar-refractivity contribution is -0.153. The van der Waals surface area contributed by atoms with E-state index in [1.807, 2.05) is 0 Å². The molecule has 0 bridgehead atoms. The summed E-state index contributed by atoms with van der Waals surface area (Å²) in [4.78, 5) is 22.8. The van der Waals surface area contributed by atoms with Crippen LogP contribution < -0.4 is 5.32 Å². The number of rotatable bonds is 6. The van der Waals surface area contributed by atoms with Crippen LogP contribution in [0.4, 0.5) is 0 Å². The Labute approximate surface area is 108 Å². The molecule has 2 atom stereocenters. The molecule has 2 N–H and O–H groups in total. The lowest BCUT2D eigenvalue weighted by atomic mass is 9.66. The maximum atomic E-state index is 12.0. The van der Waals surface area contributed by atoms with Gasteiger partial charge in [-0.15, -0.1) is 0 Å². The van der Waals surface area contributed by atoms with E-state index in [4.69, 9.17) is 5.11 Å². The van der Waals surface area contributed by atoms with E-state index in [1.54, 1.807) is 0 Å². The largest absolute Gasteiger partial charge is 0.481 e. The first kappa shape index (κ1) is 13.4. The first-order valence-corrected chi connectivity index (χ1v) is 7.08. The fraction of sp³-hybridized carbons (Fsp3) is 0.857. The fourth-order valence-electron chi connectivity index (χ4n) is 3.24. The minimum Gasteiger partial charge on any atom is -0.481 e. The lowest BCUT2D eigenvalue weighted by Gasteiger charge is -2.43. The number of carbonyl (C=O) groups excluding carboxylic acids is 1. The van der Waals surface area contributed by atoms with E-state index in [-0.39, 0.29) is 11.8 Å². The van der Waals surface area contributed by atoms with Gasteiger partial charge in [-0.1, -0.05) is 19.8 Å². The van der Waals surface area contributed by atoms with Crippen molar-refractivity contribution < 1.29 is 14.7 Å². The average Bonchev–Trinajstić information content (AvgIpc) is 2.19. The Hall–Kier alpha value is -1.06. The molecule has 2 saturated carbocycles. The van der Waals surface area contributed by atoms with Crippen molar-refractivity contribution in [2.24, 2.45) is 17.3 Å². The SMILES string of the molecule is CCCC1(CNC(=O)C2CCC2C(=O)O)CCC1. The Morgan fingerprint density at radius 3 is 2.33 bits per heavy atom. The van der Waals surface area contributed by atoms with E-state index in [9.17, 15) is 9.59 Å². The Bertz CT molecular complexity index is 336. The summed E-state index contributed by atoms with van der Waals surface area (Å²) >= 11 is 0. The van der Waals surface area contributed by atoms with Crippen molar-refractivity contribution in [3.05, 3.63) is 0 Å². The second kappa shape index (κ2) is 5.29. The monoisotopic (exact) mass is 253 g/mol. The smallest absolute Gasteiger partial charge is 0.307 e. The summed E-state index contributed by atoms with van der Waals surface area (Å²) in [5.41, 5.74) is 0.312. The summed E-state index contributed by atoms with van der Waals surface area (Å²) in [5, 5.41) is 11.9. The summed E-state index contributed by atoms with van der Waals surface area (Å²) in [7, 11) is 0. The summed E-state index contributed by atoms with van der Waals surface area (Å²) in [6.45, 7) is 2.91. The highest BCUT2D eigenvalue weighted by Crippen LogP contribution is 2.44. The summed E-state index contributed by atoms with van der Waals surface area (Å²) in [5.74, 6) is -1.61. The van der Waals surface area contributed by atoms with Crippen LogP contribution in [0.3, 0.4) is 0 Å². The first-order chi connectivity index (χ1) is 8.58. The second-order valence-electron chi connectivity index (χ2n) is 5.95. The molecule has 0 aromatic carbocycles. The van der Waals surface area contributed by atoms with Gasteiger partial charge < -0.3 is 10.4 Å². The van der Waals surface area contributed by atoms with E-state index in [0.29, 0.717) is 11.8 Å². The van der Waals surface area contributed by atoms with Crippen molar-refractivity contribution in [2.45, 2.75) is 51.9 Å². The van der Waals surface area contributed by atoms with Crippen molar-refractivity contribution >= 4 is 11.9 Å². The number of hydrogen-bond donors (Lipinski definition) is 2. The maximum Gasteiger partial charge on any atom is 0.307 e. The third-order valence-electron chi connectivity index (χ3n) is 4.76. The topological polar surface area (TPSA) is 66.4 Å². The van der Waals surface area contributed by atoms with Gasteiger partial charge in [0.15, 0.2) is 0 Å². The predicted molar refractivity (Wildman–Crippen MR) is 68.1 cm³/mol. The number of carbonyl (C=O) groups is 2. The minimum atomic E-state index is -0.826. The van der Waals surface area contributed by atoms with E-state index < -0.39 is 11.9 Å². The molecule has 18 heavy (non-hydrogen) atoms. The maximum absolute atomic E-state index is 12.0. The molecule has 4 nitrogen and oxygen atoms in total. The van der Waals surface area contributed by atoms with Crippen LogP contribution in [0.5, 0.6) is 0 Å². The van der Waals surface area contributed by atoms with Crippen molar-refractivity contribution in [3.8, 4) is 0 Å². The zero-order chi connectivity index (χ0) is 13.2. The standard InChI is InChI=1S/C14H23NO3/c1-2-6-14(7-3-8-14)9-15-12(16)10-4-5-11(10)13(17)18/h10-11H,2-9H2,1H3,(H,15,16)(H,17,18). The van der Waals surface area contributed by atoms with E-state index >= 15 is 0 Å². The summed E-state index contributed by atoms with van der Waals surface area (Å²) in [6.07, 6.45) is 7.35.